The fraction of sp³-hybridized carbons (Fsp3) is 0.250. The zero-order valence-corrected chi connectivity index (χ0v) is 16.4. The third-order valence-electron chi connectivity index (χ3n) is 3.89. The van der Waals surface area contributed by atoms with Gasteiger partial charge in [0.25, 0.3) is 5.76 Å². The third-order valence-corrected chi connectivity index (χ3v) is 4.55. The number of rotatable bonds is 6. The number of hydrogen-bond donors (Lipinski definition) is 0. The van der Waals surface area contributed by atoms with Crippen molar-refractivity contribution in [1.29, 1.82) is 0 Å². The van der Waals surface area contributed by atoms with Crippen molar-refractivity contribution in [2.45, 2.75) is 25.9 Å². The number of alkyl halides is 3. The first-order valence-corrected chi connectivity index (χ1v) is 9.33. The minimum absolute atomic E-state index is 0.0297. The number of halogens is 4. The van der Waals surface area contributed by atoms with Gasteiger partial charge in [0.1, 0.15) is 17.1 Å². The van der Waals surface area contributed by atoms with Gasteiger partial charge in [0.15, 0.2) is 0 Å². The molecule has 0 spiro atoms. The first-order valence-electron chi connectivity index (χ1n) is 8.54. The zero-order chi connectivity index (χ0) is 20.3. The summed E-state index contributed by atoms with van der Waals surface area (Å²) in [6, 6.07) is 10.5. The Bertz CT molecular complexity index is 1040. The van der Waals surface area contributed by atoms with Crippen LogP contribution in [-0.4, -0.2) is 6.61 Å². The predicted molar refractivity (Wildman–Crippen MR) is 102 cm³/mol. The van der Waals surface area contributed by atoms with Crippen LogP contribution in [-0.2, 0) is 6.18 Å². The highest BCUT2D eigenvalue weighted by Crippen LogP contribution is 2.39. The summed E-state index contributed by atoms with van der Waals surface area (Å²) < 4.78 is 56.9. The van der Waals surface area contributed by atoms with E-state index in [0.29, 0.717) is 16.8 Å². The third kappa shape index (κ3) is 4.32. The predicted octanol–water partition coefficient (Wildman–Crippen LogP) is 6.55. The molecule has 0 unspecified atom stereocenters. The van der Waals surface area contributed by atoms with Gasteiger partial charge in [0, 0.05) is 6.07 Å². The van der Waals surface area contributed by atoms with Gasteiger partial charge in [0.05, 0.1) is 16.5 Å². The van der Waals surface area contributed by atoms with Gasteiger partial charge in [-0.2, -0.15) is 13.2 Å². The number of unbranched alkanes of at least 4 members (excludes halogenated alkanes) is 1. The molecule has 8 heteroatoms. The van der Waals surface area contributed by atoms with E-state index in [2.05, 4.69) is 15.9 Å². The molecule has 148 valence electrons. The van der Waals surface area contributed by atoms with E-state index in [1.54, 1.807) is 18.2 Å². The average molecular weight is 457 g/mol. The molecule has 0 bridgehead atoms. The lowest BCUT2D eigenvalue weighted by Gasteiger charge is -2.14. The van der Waals surface area contributed by atoms with Crippen LogP contribution in [0, 0.1) is 0 Å². The van der Waals surface area contributed by atoms with E-state index in [0.717, 1.165) is 12.8 Å². The largest absolute Gasteiger partial charge is 0.493 e. The zero-order valence-electron chi connectivity index (χ0n) is 14.8. The van der Waals surface area contributed by atoms with E-state index in [4.69, 9.17) is 13.9 Å². The van der Waals surface area contributed by atoms with Crippen molar-refractivity contribution in [2.75, 3.05) is 6.61 Å². The molecule has 0 aliphatic carbocycles. The maximum Gasteiger partial charge on any atom is 0.453 e. The molecule has 0 atom stereocenters. The van der Waals surface area contributed by atoms with Crippen molar-refractivity contribution in [3.8, 4) is 17.2 Å². The molecule has 0 aliphatic heterocycles. The molecule has 28 heavy (non-hydrogen) atoms. The molecule has 3 rings (SSSR count). The van der Waals surface area contributed by atoms with Crippen LogP contribution in [0.4, 0.5) is 13.2 Å². The second kappa shape index (κ2) is 8.26. The van der Waals surface area contributed by atoms with Gasteiger partial charge >= 0.3 is 6.18 Å². The van der Waals surface area contributed by atoms with E-state index in [1.807, 2.05) is 6.92 Å². The van der Waals surface area contributed by atoms with Crippen molar-refractivity contribution in [1.82, 2.24) is 0 Å². The summed E-state index contributed by atoms with van der Waals surface area (Å²) in [4.78, 5) is 12.7. The van der Waals surface area contributed by atoms with E-state index in [1.165, 1.54) is 24.3 Å². The lowest BCUT2D eigenvalue weighted by atomic mass is 10.2. The van der Waals surface area contributed by atoms with Crippen molar-refractivity contribution in [2.24, 2.45) is 0 Å². The fourth-order valence-electron chi connectivity index (χ4n) is 2.50. The smallest absolute Gasteiger partial charge is 0.453 e. The lowest BCUT2D eigenvalue weighted by molar-refractivity contribution is -0.154. The maximum absolute atomic E-state index is 13.6. The highest BCUT2D eigenvalue weighted by Gasteiger charge is 2.40. The van der Waals surface area contributed by atoms with Crippen LogP contribution in [0.1, 0.15) is 25.5 Å². The summed E-state index contributed by atoms with van der Waals surface area (Å²) >= 11 is 3.19. The first kappa shape index (κ1) is 20.3. The van der Waals surface area contributed by atoms with Crippen LogP contribution >= 0.6 is 15.9 Å². The SMILES string of the molecule is CCCCOc1ccc2c(=O)c(Oc3ccccc3Br)c(C(F)(F)F)oc2c1. The molecule has 0 aliphatic rings. The highest BCUT2D eigenvalue weighted by atomic mass is 79.9. The van der Waals surface area contributed by atoms with E-state index >= 15 is 0 Å². The van der Waals surface area contributed by atoms with Crippen LogP contribution in [0.25, 0.3) is 11.0 Å². The van der Waals surface area contributed by atoms with Gasteiger partial charge in [-0.25, -0.2) is 0 Å². The van der Waals surface area contributed by atoms with Crippen molar-refractivity contribution < 1.29 is 27.1 Å². The van der Waals surface area contributed by atoms with Crippen LogP contribution in [0.15, 0.2) is 56.1 Å². The molecule has 0 saturated carbocycles. The fourth-order valence-corrected chi connectivity index (χ4v) is 2.86. The van der Waals surface area contributed by atoms with Gasteiger partial charge in [-0.05, 0) is 46.6 Å². The summed E-state index contributed by atoms with van der Waals surface area (Å²) in [6.45, 7) is 2.41. The normalized spacial score (nSPS) is 11.6. The Kier molecular flexibility index (Phi) is 5.98. The molecule has 0 radical (unpaired) electrons. The van der Waals surface area contributed by atoms with Crippen LogP contribution in [0.2, 0.25) is 0 Å². The van der Waals surface area contributed by atoms with Gasteiger partial charge in [-0.15, -0.1) is 0 Å². The van der Waals surface area contributed by atoms with Gasteiger partial charge in [-0.3, -0.25) is 4.79 Å². The standard InChI is InChI=1S/C20H16BrF3O4/c1-2-3-10-26-12-8-9-13-16(11-12)28-19(20(22,23)24)18(17(13)25)27-15-7-5-4-6-14(15)21/h4-9,11H,2-3,10H2,1H3. The topological polar surface area (TPSA) is 48.7 Å². The average Bonchev–Trinajstić information content (AvgIpc) is 2.64. The Morgan fingerprint density at radius 3 is 2.57 bits per heavy atom. The summed E-state index contributed by atoms with van der Waals surface area (Å²) in [6.07, 6.45) is -3.20. The minimum atomic E-state index is -4.91. The van der Waals surface area contributed by atoms with Crippen molar-refractivity contribution >= 4 is 26.9 Å². The quantitative estimate of drug-likeness (QED) is 0.394. The number of para-hydroxylation sites is 1. The molecule has 1 heterocycles. The summed E-state index contributed by atoms with van der Waals surface area (Å²) in [5.74, 6) is -2.01. The molecular formula is C20H16BrF3O4. The Morgan fingerprint density at radius 1 is 1.14 bits per heavy atom. The second-order valence-corrected chi connectivity index (χ2v) is 6.83. The Morgan fingerprint density at radius 2 is 1.89 bits per heavy atom. The Balaban J connectivity index is 2.12. The summed E-state index contributed by atoms with van der Waals surface area (Å²) in [7, 11) is 0. The summed E-state index contributed by atoms with van der Waals surface area (Å²) in [5, 5.41) is -0.0297. The number of benzene rings is 2. The molecule has 0 amide bonds. The van der Waals surface area contributed by atoms with Crippen molar-refractivity contribution in [3.05, 3.63) is 62.9 Å². The number of fused-ring (bicyclic) bond motifs is 1. The number of ether oxygens (including phenoxy) is 2. The van der Waals surface area contributed by atoms with Gasteiger partial charge in [-0.1, -0.05) is 25.5 Å². The van der Waals surface area contributed by atoms with Gasteiger partial charge in [0.2, 0.25) is 11.2 Å². The molecule has 0 N–H and O–H groups in total. The molecule has 4 nitrogen and oxygen atoms in total. The second-order valence-electron chi connectivity index (χ2n) is 5.98. The summed E-state index contributed by atoms with van der Waals surface area (Å²) in [5.41, 5.74) is -1.13. The minimum Gasteiger partial charge on any atom is -0.493 e. The monoisotopic (exact) mass is 456 g/mol. The maximum atomic E-state index is 13.6. The van der Waals surface area contributed by atoms with E-state index in [-0.39, 0.29) is 16.7 Å². The highest BCUT2D eigenvalue weighted by molar-refractivity contribution is 9.10. The molecule has 0 fully saturated rings. The van der Waals surface area contributed by atoms with Crippen LogP contribution < -0.4 is 14.9 Å². The molecule has 3 aromatic rings. The Labute approximate surface area is 167 Å². The Hall–Kier alpha value is -2.48. The number of hydrogen-bond acceptors (Lipinski definition) is 4. The molecule has 1 aromatic heterocycles. The molecule has 0 saturated heterocycles. The lowest BCUT2D eigenvalue weighted by Crippen LogP contribution is -2.15. The van der Waals surface area contributed by atoms with Crippen LogP contribution in [0.5, 0.6) is 17.2 Å². The molecule has 2 aromatic carbocycles. The first-order chi connectivity index (χ1) is 13.3. The van der Waals surface area contributed by atoms with Crippen molar-refractivity contribution in [3.63, 3.8) is 0 Å². The van der Waals surface area contributed by atoms with Gasteiger partial charge < -0.3 is 13.9 Å². The van der Waals surface area contributed by atoms with E-state index < -0.39 is 23.1 Å². The van der Waals surface area contributed by atoms with Crippen LogP contribution in [0.3, 0.4) is 0 Å². The van der Waals surface area contributed by atoms with E-state index in [9.17, 15) is 18.0 Å². The molecular weight excluding hydrogens is 441 g/mol.